The first-order valence-corrected chi connectivity index (χ1v) is 6.24. The number of likely N-dealkylation sites (N-methyl/N-ethyl adjacent to an activating group) is 1. The van der Waals surface area contributed by atoms with E-state index in [2.05, 4.69) is 31.7 Å². The molecule has 2 heteroatoms. The van der Waals surface area contributed by atoms with Gasteiger partial charge in [0, 0.05) is 25.3 Å². The minimum absolute atomic E-state index is 0.348. The Morgan fingerprint density at radius 2 is 2.07 bits per heavy atom. The summed E-state index contributed by atoms with van der Waals surface area (Å²) in [6, 6.07) is 0. The van der Waals surface area contributed by atoms with Crippen LogP contribution in [0.4, 0.5) is 0 Å². The Morgan fingerprint density at radius 3 is 2.60 bits per heavy atom. The number of hydrogen-bond donors (Lipinski definition) is 0. The zero-order chi connectivity index (χ0) is 10.9. The SMILES string of the molecule is CCN1CC=C(C(C)C)C12CCOCC2. The lowest BCUT2D eigenvalue weighted by Crippen LogP contribution is -2.50. The molecule has 1 spiro atoms. The third-order valence-corrected chi connectivity index (χ3v) is 4.00. The Labute approximate surface area is 93.3 Å². The smallest absolute Gasteiger partial charge is 0.0486 e. The maximum atomic E-state index is 5.52. The van der Waals surface area contributed by atoms with Crippen LogP contribution in [-0.4, -0.2) is 36.7 Å². The van der Waals surface area contributed by atoms with E-state index >= 15 is 0 Å². The van der Waals surface area contributed by atoms with Crippen molar-refractivity contribution in [2.24, 2.45) is 5.92 Å². The number of nitrogens with zero attached hydrogens (tertiary/aromatic N) is 1. The van der Waals surface area contributed by atoms with Gasteiger partial charge >= 0.3 is 0 Å². The van der Waals surface area contributed by atoms with Crippen molar-refractivity contribution in [1.29, 1.82) is 0 Å². The van der Waals surface area contributed by atoms with Gasteiger partial charge in [0.25, 0.3) is 0 Å². The molecular weight excluding hydrogens is 186 g/mol. The second kappa shape index (κ2) is 4.26. The van der Waals surface area contributed by atoms with Crippen molar-refractivity contribution < 1.29 is 4.74 Å². The van der Waals surface area contributed by atoms with Gasteiger partial charge in [0.15, 0.2) is 0 Å². The monoisotopic (exact) mass is 209 g/mol. The van der Waals surface area contributed by atoms with Gasteiger partial charge in [-0.2, -0.15) is 0 Å². The molecule has 0 aromatic carbocycles. The minimum atomic E-state index is 0.348. The number of ether oxygens (including phenoxy) is 1. The summed E-state index contributed by atoms with van der Waals surface area (Å²) in [6.07, 6.45) is 4.83. The number of rotatable bonds is 2. The van der Waals surface area contributed by atoms with Crippen molar-refractivity contribution in [3.63, 3.8) is 0 Å². The van der Waals surface area contributed by atoms with Gasteiger partial charge in [0.05, 0.1) is 0 Å². The molecular formula is C13H23NO. The molecule has 1 saturated heterocycles. The van der Waals surface area contributed by atoms with Crippen LogP contribution in [0.1, 0.15) is 33.6 Å². The molecule has 2 nitrogen and oxygen atoms in total. The summed E-state index contributed by atoms with van der Waals surface area (Å²) in [4.78, 5) is 2.63. The van der Waals surface area contributed by atoms with Crippen LogP contribution in [0.2, 0.25) is 0 Å². The fourth-order valence-corrected chi connectivity index (χ4v) is 3.27. The maximum absolute atomic E-state index is 5.52. The summed E-state index contributed by atoms with van der Waals surface area (Å²) in [5.74, 6) is 0.680. The van der Waals surface area contributed by atoms with E-state index in [9.17, 15) is 0 Å². The van der Waals surface area contributed by atoms with E-state index in [1.807, 2.05) is 0 Å². The first-order valence-electron chi connectivity index (χ1n) is 6.24. The summed E-state index contributed by atoms with van der Waals surface area (Å²) in [7, 11) is 0. The molecule has 0 atom stereocenters. The van der Waals surface area contributed by atoms with Crippen LogP contribution in [0.3, 0.4) is 0 Å². The molecule has 2 heterocycles. The van der Waals surface area contributed by atoms with Gasteiger partial charge in [0.1, 0.15) is 0 Å². The quantitative estimate of drug-likeness (QED) is 0.648. The Bertz CT molecular complexity index is 251. The van der Waals surface area contributed by atoms with Crippen molar-refractivity contribution >= 4 is 0 Å². The predicted molar refractivity (Wildman–Crippen MR) is 63.0 cm³/mol. The second-order valence-corrected chi connectivity index (χ2v) is 5.00. The lowest BCUT2D eigenvalue weighted by atomic mass is 9.78. The first kappa shape index (κ1) is 11.2. The van der Waals surface area contributed by atoms with Crippen LogP contribution in [0.25, 0.3) is 0 Å². The van der Waals surface area contributed by atoms with Crippen LogP contribution in [0, 0.1) is 5.92 Å². The third-order valence-electron chi connectivity index (χ3n) is 4.00. The topological polar surface area (TPSA) is 12.5 Å². The van der Waals surface area contributed by atoms with Gasteiger partial charge in [0.2, 0.25) is 0 Å². The van der Waals surface area contributed by atoms with Crippen molar-refractivity contribution in [2.75, 3.05) is 26.3 Å². The molecule has 0 saturated carbocycles. The fraction of sp³-hybridized carbons (Fsp3) is 0.846. The highest BCUT2D eigenvalue weighted by molar-refractivity contribution is 5.29. The minimum Gasteiger partial charge on any atom is -0.381 e. The molecule has 0 aliphatic carbocycles. The van der Waals surface area contributed by atoms with Crippen LogP contribution < -0.4 is 0 Å². The molecule has 2 aliphatic heterocycles. The molecule has 2 rings (SSSR count). The van der Waals surface area contributed by atoms with E-state index in [1.54, 1.807) is 5.57 Å². The summed E-state index contributed by atoms with van der Waals surface area (Å²) in [6.45, 7) is 11.1. The fourth-order valence-electron chi connectivity index (χ4n) is 3.27. The van der Waals surface area contributed by atoms with E-state index in [-0.39, 0.29) is 0 Å². The highest BCUT2D eigenvalue weighted by atomic mass is 16.5. The molecule has 0 N–H and O–H groups in total. The maximum Gasteiger partial charge on any atom is 0.0486 e. The van der Waals surface area contributed by atoms with E-state index < -0.39 is 0 Å². The zero-order valence-corrected chi connectivity index (χ0v) is 10.3. The third kappa shape index (κ3) is 1.74. The van der Waals surface area contributed by atoms with Crippen LogP contribution in [0.15, 0.2) is 11.6 Å². The Balaban J connectivity index is 2.25. The van der Waals surface area contributed by atoms with Crippen molar-refractivity contribution in [2.45, 2.75) is 39.2 Å². The standard InChI is InChI=1S/C13H23NO/c1-4-14-8-5-12(11(2)3)13(14)6-9-15-10-7-13/h5,11H,4,6-10H2,1-3H3. The zero-order valence-electron chi connectivity index (χ0n) is 10.3. The van der Waals surface area contributed by atoms with E-state index in [0.29, 0.717) is 11.5 Å². The van der Waals surface area contributed by atoms with Crippen LogP contribution >= 0.6 is 0 Å². The lowest BCUT2D eigenvalue weighted by molar-refractivity contribution is 0.00214. The molecule has 0 amide bonds. The van der Waals surface area contributed by atoms with Crippen LogP contribution in [0.5, 0.6) is 0 Å². The van der Waals surface area contributed by atoms with Gasteiger partial charge < -0.3 is 4.74 Å². The molecule has 15 heavy (non-hydrogen) atoms. The van der Waals surface area contributed by atoms with Gasteiger partial charge in [-0.15, -0.1) is 0 Å². The van der Waals surface area contributed by atoms with E-state index in [0.717, 1.165) is 26.3 Å². The Morgan fingerprint density at radius 1 is 1.40 bits per heavy atom. The van der Waals surface area contributed by atoms with Gasteiger partial charge in [-0.05, 0) is 30.9 Å². The Hall–Kier alpha value is -0.340. The lowest BCUT2D eigenvalue weighted by Gasteiger charge is -2.44. The van der Waals surface area contributed by atoms with Crippen LogP contribution in [-0.2, 0) is 4.74 Å². The largest absolute Gasteiger partial charge is 0.381 e. The molecule has 0 radical (unpaired) electrons. The highest BCUT2D eigenvalue weighted by Crippen LogP contribution is 2.42. The van der Waals surface area contributed by atoms with Gasteiger partial charge in [-0.1, -0.05) is 26.8 Å². The molecule has 0 bridgehead atoms. The molecule has 0 aromatic rings. The predicted octanol–water partition coefficient (Wildman–Crippen LogP) is 2.45. The van der Waals surface area contributed by atoms with E-state index in [4.69, 9.17) is 4.74 Å². The van der Waals surface area contributed by atoms with Crippen molar-refractivity contribution in [3.05, 3.63) is 11.6 Å². The summed E-state index contributed by atoms with van der Waals surface area (Å²) in [5, 5.41) is 0. The van der Waals surface area contributed by atoms with Gasteiger partial charge in [-0.25, -0.2) is 0 Å². The molecule has 86 valence electrons. The summed E-state index contributed by atoms with van der Waals surface area (Å²) in [5.41, 5.74) is 2.01. The summed E-state index contributed by atoms with van der Waals surface area (Å²) < 4.78 is 5.52. The molecule has 1 fully saturated rings. The van der Waals surface area contributed by atoms with Crippen molar-refractivity contribution in [3.8, 4) is 0 Å². The van der Waals surface area contributed by atoms with E-state index in [1.165, 1.54) is 12.8 Å². The molecule has 0 unspecified atom stereocenters. The summed E-state index contributed by atoms with van der Waals surface area (Å²) >= 11 is 0. The Kier molecular flexibility index (Phi) is 3.17. The first-order chi connectivity index (χ1) is 7.20. The molecule has 2 aliphatic rings. The second-order valence-electron chi connectivity index (χ2n) is 5.00. The van der Waals surface area contributed by atoms with Crippen molar-refractivity contribution in [1.82, 2.24) is 4.90 Å². The van der Waals surface area contributed by atoms with Gasteiger partial charge in [-0.3, -0.25) is 4.90 Å². The number of hydrogen-bond acceptors (Lipinski definition) is 2. The highest BCUT2D eigenvalue weighted by Gasteiger charge is 2.44. The molecule has 0 aromatic heterocycles. The average Bonchev–Trinajstić information content (AvgIpc) is 2.57. The average molecular weight is 209 g/mol. The normalized spacial score (nSPS) is 26.3.